The second kappa shape index (κ2) is 12.3. The summed E-state index contributed by atoms with van der Waals surface area (Å²) in [6, 6.07) is 11.6. The predicted molar refractivity (Wildman–Crippen MR) is 131 cm³/mol. The highest BCUT2D eigenvalue weighted by Gasteiger charge is 2.32. The molecule has 7 nitrogen and oxygen atoms in total. The Morgan fingerprint density at radius 2 is 1.81 bits per heavy atom. The molecule has 1 heterocycles. The van der Waals surface area contributed by atoms with Crippen LogP contribution in [0.4, 0.5) is 13.2 Å². The molecule has 0 bridgehead atoms. The lowest BCUT2D eigenvalue weighted by molar-refractivity contribution is -0.137. The second-order valence-corrected chi connectivity index (χ2v) is 9.40. The summed E-state index contributed by atoms with van der Waals surface area (Å²) >= 11 is 1.66. The van der Waals surface area contributed by atoms with Crippen LogP contribution in [0.5, 0.6) is 0 Å². The number of likely N-dealkylation sites (tertiary alicyclic amines) is 1. The first-order valence-corrected chi connectivity index (χ1v) is 12.7. The van der Waals surface area contributed by atoms with Crippen molar-refractivity contribution in [2.45, 2.75) is 43.0 Å². The number of amides is 3. The summed E-state index contributed by atoms with van der Waals surface area (Å²) in [5.41, 5.74) is -0.0477. The van der Waals surface area contributed by atoms with E-state index < -0.39 is 36.1 Å². The molecule has 11 heteroatoms. The van der Waals surface area contributed by atoms with E-state index in [1.165, 1.54) is 13.0 Å². The van der Waals surface area contributed by atoms with Crippen molar-refractivity contribution in [1.29, 1.82) is 0 Å². The number of carbonyl (C=O) groups excluding carboxylic acids is 3. The Kier molecular flexibility index (Phi) is 9.38. The normalized spacial score (nSPS) is 18.0. The fourth-order valence-corrected chi connectivity index (χ4v) is 4.39. The van der Waals surface area contributed by atoms with Crippen LogP contribution in [0.2, 0.25) is 0 Å². The van der Waals surface area contributed by atoms with Crippen LogP contribution in [0.15, 0.2) is 53.4 Å². The summed E-state index contributed by atoms with van der Waals surface area (Å²) in [7, 11) is 0. The lowest BCUT2D eigenvalue weighted by atomic mass is 9.98. The quantitative estimate of drug-likeness (QED) is 0.464. The molecular formula is C25H29F3N4O3S. The Bertz CT molecular complexity index is 1080. The zero-order valence-corrected chi connectivity index (χ0v) is 20.8. The van der Waals surface area contributed by atoms with Crippen molar-refractivity contribution in [2.24, 2.45) is 0 Å². The minimum atomic E-state index is -4.57. The van der Waals surface area contributed by atoms with Crippen LogP contribution in [-0.4, -0.2) is 60.6 Å². The second-order valence-electron chi connectivity index (χ2n) is 8.52. The maximum Gasteiger partial charge on any atom is 0.416 e. The molecule has 0 unspecified atom stereocenters. The first kappa shape index (κ1) is 27.5. The van der Waals surface area contributed by atoms with E-state index in [0.29, 0.717) is 26.1 Å². The Balaban J connectivity index is 1.58. The summed E-state index contributed by atoms with van der Waals surface area (Å²) < 4.78 is 38.7. The Morgan fingerprint density at radius 3 is 2.44 bits per heavy atom. The van der Waals surface area contributed by atoms with Gasteiger partial charge >= 0.3 is 6.18 Å². The molecule has 194 valence electrons. The molecule has 2 aromatic rings. The summed E-state index contributed by atoms with van der Waals surface area (Å²) in [5, 5.41) is 8.67. The molecular weight excluding hydrogens is 493 g/mol. The number of hydrogen-bond acceptors (Lipinski definition) is 5. The summed E-state index contributed by atoms with van der Waals surface area (Å²) in [4.78, 5) is 39.6. The molecule has 0 radical (unpaired) electrons. The first-order chi connectivity index (χ1) is 17.1. The van der Waals surface area contributed by atoms with Crippen molar-refractivity contribution in [1.82, 2.24) is 20.9 Å². The Labute approximate surface area is 212 Å². The third-order valence-electron chi connectivity index (χ3n) is 5.99. The molecule has 2 aromatic carbocycles. The summed E-state index contributed by atoms with van der Waals surface area (Å²) in [6.45, 7) is 2.50. The maximum absolute atomic E-state index is 12.9. The summed E-state index contributed by atoms with van der Waals surface area (Å²) in [6.07, 6.45) is -1.94. The van der Waals surface area contributed by atoms with Gasteiger partial charge in [0.05, 0.1) is 18.2 Å². The molecule has 3 rings (SSSR count). The molecule has 36 heavy (non-hydrogen) atoms. The average molecular weight is 523 g/mol. The third kappa shape index (κ3) is 7.72. The number of piperidine rings is 1. The molecule has 1 saturated heterocycles. The molecule has 0 aromatic heterocycles. The van der Waals surface area contributed by atoms with Gasteiger partial charge in [-0.15, -0.1) is 11.8 Å². The van der Waals surface area contributed by atoms with Crippen molar-refractivity contribution in [3.05, 3.63) is 65.2 Å². The highest BCUT2D eigenvalue weighted by molar-refractivity contribution is 7.98. The lowest BCUT2D eigenvalue weighted by Crippen LogP contribution is -2.61. The highest BCUT2D eigenvalue weighted by atomic mass is 32.2. The topological polar surface area (TPSA) is 90.5 Å². The van der Waals surface area contributed by atoms with Crippen molar-refractivity contribution < 1.29 is 27.6 Å². The SMILES string of the molecule is CSc1ccc(CN[C@@H]2CCN(C(C)=O)C[C@@H]2NC(=O)CNC(=O)c2cccc(C(F)(F)F)c2)cc1. The largest absolute Gasteiger partial charge is 0.416 e. The van der Waals surface area contributed by atoms with Gasteiger partial charge in [0, 0.05) is 43.1 Å². The number of nitrogens with zero attached hydrogens (tertiary/aromatic N) is 1. The van der Waals surface area contributed by atoms with Crippen LogP contribution in [0.25, 0.3) is 0 Å². The minimum Gasteiger partial charge on any atom is -0.348 e. The zero-order valence-electron chi connectivity index (χ0n) is 20.0. The highest BCUT2D eigenvalue weighted by Crippen LogP contribution is 2.29. The molecule has 0 spiro atoms. The van der Waals surface area contributed by atoms with Gasteiger partial charge in [0.15, 0.2) is 0 Å². The summed E-state index contributed by atoms with van der Waals surface area (Å²) in [5.74, 6) is -1.38. The van der Waals surface area contributed by atoms with Gasteiger partial charge in [0.25, 0.3) is 5.91 Å². The van der Waals surface area contributed by atoms with Gasteiger partial charge in [-0.25, -0.2) is 0 Å². The number of carbonyl (C=O) groups is 3. The first-order valence-electron chi connectivity index (χ1n) is 11.4. The third-order valence-corrected chi connectivity index (χ3v) is 6.74. The smallest absolute Gasteiger partial charge is 0.348 e. The number of alkyl halides is 3. The van der Waals surface area contributed by atoms with Crippen molar-refractivity contribution in [3.8, 4) is 0 Å². The standard InChI is InChI=1S/C25H29F3N4O3S/c1-16(33)32-11-10-21(29-13-17-6-8-20(36-2)9-7-17)22(15-32)31-23(34)14-30-24(35)18-4-3-5-19(12-18)25(26,27)28/h3-9,12,21-22,29H,10-11,13-15H2,1-2H3,(H,30,35)(H,31,34)/t21-,22+/m1/s1. The molecule has 2 atom stereocenters. The van der Waals surface area contributed by atoms with Gasteiger partial charge in [0.1, 0.15) is 0 Å². The van der Waals surface area contributed by atoms with Gasteiger partial charge in [-0.3, -0.25) is 14.4 Å². The minimum absolute atomic E-state index is 0.0989. The number of halogens is 3. The molecule has 1 aliphatic heterocycles. The van der Waals surface area contributed by atoms with Crippen LogP contribution in [-0.2, 0) is 22.3 Å². The number of rotatable bonds is 8. The number of nitrogens with one attached hydrogen (secondary N) is 3. The Morgan fingerprint density at radius 1 is 1.08 bits per heavy atom. The molecule has 3 amide bonds. The fraction of sp³-hybridized carbons (Fsp3) is 0.400. The zero-order chi connectivity index (χ0) is 26.3. The Hall–Kier alpha value is -3.05. The molecule has 1 fully saturated rings. The van der Waals surface area contributed by atoms with Gasteiger partial charge in [-0.1, -0.05) is 18.2 Å². The van der Waals surface area contributed by atoms with E-state index >= 15 is 0 Å². The van der Waals surface area contributed by atoms with Crippen LogP contribution in [0.1, 0.15) is 34.8 Å². The molecule has 0 aliphatic carbocycles. The molecule has 3 N–H and O–H groups in total. The monoisotopic (exact) mass is 522 g/mol. The van der Waals surface area contributed by atoms with E-state index in [0.717, 1.165) is 28.7 Å². The average Bonchev–Trinajstić information content (AvgIpc) is 2.86. The fourth-order valence-electron chi connectivity index (χ4n) is 3.98. The van der Waals surface area contributed by atoms with Gasteiger partial charge < -0.3 is 20.9 Å². The van der Waals surface area contributed by atoms with E-state index in [4.69, 9.17) is 0 Å². The van der Waals surface area contributed by atoms with Crippen LogP contribution >= 0.6 is 11.8 Å². The van der Waals surface area contributed by atoms with Crippen molar-refractivity contribution in [3.63, 3.8) is 0 Å². The molecule has 0 saturated carbocycles. The predicted octanol–water partition coefficient (Wildman–Crippen LogP) is 3.05. The maximum atomic E-state index is 12.9. The van der Waals surface area contributed by atoms with Crippen molar-refractivity contribution >= 4 is 29.5 Å². The van der Waals surface area contributed by atoms with Crippen LogP contribution in [0, 0.1) is 0 Å². The van der Waals surface area contributed by atoms with E-state index in [-0.39, 0.29) is 17.5 Å². The van der Waals surface area contributed by atoms with Crippen LogP contribution < -0.4 is 16.0 Å². The molecule has 1 aliphatic rings. The van der Waals surface area contributed by atoms with Crippen molar-refractivity contribution in [2.75, 3.05) is 25.9 Å². The lowest BCUT2D eigenvalue weighted by Gasteiger charge is -2.39. The van der Waals surface area contributed by atoms with E-state index in [1.54, 1.807) is 16.7 Å². The number of benzene rings is 2. The van der Waals surface area contributed by atoms with Gasteiger partial charge in [-0.2, -0.15) is 13.2 Å². The van der Waals surface area contributed by atoms with Gasteiger partial charge in [0.2, 0.25) is 11.8 Å². The van der Waals surface area contributed by atoms with Gasteiger partial charge in [-0.05, 0) is 48.6 Å². The van der Waals surface area contributed by atoms with E-state index in [9.17, 15) is 27.6 Å². The van der Waals surface area contributed by atoms with Crippen LogP contribution in [0.3, 0.4) is 0 Å². The van der Waals surface area contributed by atoms with E-state index in [1.807, 2.05) is 30.5 Å². The van der Waals surface area contributed by atoms with E-state index in [2.05, 4.69) is 16.0 Å². The number of hydrogen-bond donors (Lipinski definition) is 3. The number of thioether (sulfide) groups is 1.